The molecule has 1 aromatic heterocycles. The fraction of sp³-hybridized carbons (Fsp3) is 0.167. The zero-order valence-corrected chi connectivity index (χ0v) is 15.0. The number of alkyl halides is 3. The summed E-state index contributed by atoms with van der Waals surface area (Å²) in [4.78, 5) is 24.5. The minimum atomic E-state index is -4.61. The highest BCUT2D eigenvalue weighted by Crippen LogP contribution is 2.34. The molecule has 3 rings (SSSR count). The number of hydrogen-bond donors (Lipinski definition) is 2. The Morgan fingerprint density at radius 1 is 1.10 bits per heavy atom. The first kappa shape index (κ1) is 20.0. The number of nitrogens with two attached hydrogens (primary N) is 1. The predicted octanol–water partition coefficient (Wildman–Crippen LogP) is 2.66. The third-order valence-corrected chi connectivity index (χ3v) is 4.07. The highest BCUT2D eigenvalue weighted by atomic mass is 19.4. The molecule has 150 valence electrons. The molecular weight excluding hydrogens is 389 g/mol. The Bertz CT molecular complexity index is 1050. The van der Waals surface area contributed by atoms with Crippen LogP contribution in [-0.2, 0) is 11.0 Å². The molecule has 0 aliphatic rings. The largest absolute Gasteiger partial charge is 0.418 e. The summed E-state index contributed by atoms with van der Waals surface area (Å²) in [5.74, 6) is -1.15. The lowest BCUT2D eigenvalue weighted by Gasteiger charge is -2.15. The van der Waals surface area contributed by atoms with Crippen molar-refractivity contribution in [2.45, 2.75) is 19.1 Å². The molecule has 2 amide bonds. The Kier molecular flexibility index (Phi) is 5.31. The molecule has 11 heteroatoms. The summed E-state index contributed by atoms with van der Waals surface area (Å²) >= 11 is 0. The molecule has 0 aliphatic carbocycles. The lowest BCUT2D eigenvalue weighted by atomic mass is 10.1. The van der Waals surface area contributed by atoms with E-state index in [9.17, 15) is 22.8 Å². The number of tetrazole rings is 1. The second-order valence-electron chi connectivity index (χ2n) is 6.08. The van der Waals surface area contributed by atoms with E-state index in [1.54, 1.807) is 12.1 Å². The summed E-state index contributed by atoms with van der Waals surface area (Å²) in [5, 5.41) is 13.9. The van der Waals surface area contributed by atoms with Crippen LogP contribution in [0.5, 0.6) is 0 Å². The molecule has 0 saturated carbocycles. The molecule has 8 nitrogen and oxygen atoms in total. The number of nitrogens with one attached hydrogen (secondary N) is 1. The molecule has 1 heterocycles. The van der Waals surface area contributed by atoms with Crippen molar-refractivity contribution in [3.05, 3.63) is 59.7 Å². The van der Waals surface area contributed by atoms with E-state index in [0.717, 1.165) is 16.9 Å². The Morgan fingerprint density at radius 2 is 1.76 bits per heavy atom. The third-order valence-electron chi connectivity index (χ3n) is 4.07. The minimum absolute atomic E-state index is 0.177. The molecule has 0 bridgehead atoms. The van der Waals surface area contributed by atoms with E-state index in [4.69, 9.17) is 5.73 Å². The Morgan fingerprint density at radius 3 is 2.38 bits per heavy atom. The smallest absolute Gasteiger partial charge is 0.366 e. The highest BCUT2D eigenvalue weighted by molar-refractivity contribution is 5.94. The van der Waals surface area contributed by atoms with Crippen molar-refractivity contribution in [2.75, 3.05) is 5.32 Å². The number of aromatic nitrogens is 4. The van der Waals surface area contributed by atoms with Gasteiger partial charge in [0.05, 0.1) is 11.3 Å². The van der Waals surface area contributed by atoms with Crippen molar-refractivity contribution >= 4 is 17.5 Å². The van der Waals surface area contributed by atoms with Gasteiger partial charge in [0, 0.05) is 11.1 Å². The molecule has 0 radical (unpaired) electrons. The van der Waals surface area contributed by atoms with Crippen molar-refractivity contribution < 1.29 is 22.8 Å². The van der Waals surface area contributed by atoms with Gasteiger partial charge in [0.25, 0.3) is 5.91 Å². The summed E-state index contributed by atoms with van der Waals surface area (Å²) < 4.78 is 39.2. The number of benzene rings is 2. The van der Waals surface area contributed by atoms with Gasteiger partial charge >= 0.3 is 6.18 Å². The molecule has 0 unspecified atom stereocenters. The molecule has 1 atom stereocenters. The van der Waals surface area contributed by atoms with Crippen LogP contribution in [0.3, 0.4) is 0 Å². The van der Waals surface area contributed by atoms with E-state index in [1.807, 2.05) is 0 Å². The second kappa shape index (κ2) is 7.70. The number of hydrogen-bond acceptors (Lipinski definition) is 5. The first-order valence-electron chi connectivity index (χ1n) is 8.33. The van der Waals surface area contributed by atoms with Crippen LogP contribution in [-0.4, -0.2) is 32.0 Å². The van der Waals surface area contributed by atoms with Gasteiger partial charge in [-0.1, -0.05) is 24.3 Å². The maximum Gasteiger partial charge on any atom is 0.418 e. The van der Waals surface area contributed by atoms with Crippen molar-refractivity contribution in [3.8, 4) is 11.4 Å². The van der Waals surface area contributed by atoms with Gasteiger partial charge in [-0.2, -0.15) is 18.0 Å². The Labute approximate surface area is 162 Å². The van der Waals surface area contributed by atoms with Crippen molar-refractivity contribution in [1.29, 1.82) is 0 Å². The molecule has 0 fully saturated rings. The van der Waals surface area contributed by atoms with E-state index < -0.39 is 29.6 Å². The first-order valence-corrected chi connectivity index (χ1v) is 8.33. The maximum absolute atomic E-state index is 13.1. The fourth-order valence-corrected chi connectivity index (χ4v) is 2.47. The molecule has 2 aromatic carbocycles. The van der Waals surface area contributed by atoms with Gasteiger partial charge in [0.15, 0.2) is 0 Å². The molecule has 0 saturated heterocycles. The summed E-state index contributed by atoms with van der Waals surface area (Å²) in [5.41, 5.74) is 4.69. The van der Waals surface area contributed by atoms with Gasteiger partial charge in [-0.3, -0.25) is 9.59 Å². The molecule has 0 spiro atoms. The van der Waals surface area contributed by atoms with Crippen LogP contribution in [0.4, 0.5) is 18.9 Å². The second-order valence-corrected chi connectivity index (χ2v) is 6.08. The van der Waals surface area contributed by atoms with Gasteiger partial charge in [-0.25, -0.2) is 0 Å². The number of carbonyl (C=O) groups is 2. The quantitative estimate of drug-likeness (QED) is 0.678. The molecule has 0 aliphatic heterocycles. The maximum atomic E-state index is 13.1. The van der Waals surface area contributed by atoms with E-state index in [0.29, 0.717) is 11.1 Å². The normalized spacial score (nSPS) is 12.4. The van der Waals surface area contributed by atoms with Crippen LogP contribution in [0.15, 0.2) is 48.5 Å². The molecule has 3 N–H and O–H groups in total. The molecule has 3 aromatic rings. The average molecular weight is 404 g/mol. The first-order chi connectivity index (χ1) is 13.7. The molecule has 29 heavy (non-hydrogen) atoms. The van der Waals surface area contributed by atoms with E-state index in [1.165, 1.54) is 31.2 Å². The van der Waals surface area contributed by atoms with Gasteiger partial charge in [0.2, 0.25) is 11.7 Å². The Hall–Kier alpha value is -3.76. The summed E-state index contributed by atoms with van der Waals surface area (Å²) in [6.07, 6.45) is -4.61. The van der Waals surface area contributed by atoms with Gasteiger partial charge in [0.1, 0.15) is 6.04 Å². The van der Waals surface area contributed by atoms with Gasteiger partial charge < -0.3 is 11.1 Å². The summed E-state index contributed by atoms with van der Waals surface area (Å²) in [7, 11) is 0. The van der Waals surface area contributed by atoms with E-state index in [-0.39, 0.29) is 11.5 Å². The number of carbonyl (C=O) groups excluding carboxylic acids is 2. The van der Waals surface area contributed by atoms with E-state index >= 15 is 0 Å². The number of nitrogens with zero attached hydrogens (tertiary/aromatic N) is 4. The Balaban J connectivity index is 1.77. The van der Waals surface area contributed by atoms with Crippen molar-refractivity contribution in [1.82, 2.24) is 20.2 Å². The lowest BCUT2D eigenvalue weighted by Crippen LogP contribution is -2.26. The number of amides is 2. The number of halogens is 3. The fourth-order valence-electron chi connectivity index (χ4n) is 2.47. The summed E-state index contributed by atoms with van der Waals surface area (Å²) in [6.45, 7) is 1.42. The van der Waals surface area contributed by atoms with E-state index in [2.05, 4.69) is 20.7 Å². The van der Waals surface area contributed by atoms with Gasteiger partial charge in [-0.05, 0) is 36.4 Å². The number of para-hydroxylation sites is 1. The zero-order chi connectivity index (χ0) is 21.2. The monoisotopic (exact) mass is 404 g/mol. The third kappa shape index (κ3) is 4.39. The predicted molar refractivity (Wildman–Crippen MR) is 96.6 cm³/mol. The molecular formula is C18H15F3N6O2. The minimum Gasteiger partial charge on any atom is -0.366 e. The zero-order valence-electron chi connectivity index (χ0n) is 15.0. The SMILES string of the molecule is C[C@@H](C(=O)Nc1ccccc1C(F)(F)F)n1nnc(-c2ccc(C(N)=O)cc2)n1. The number of anilines is 1. The van der Waals surface area contributed by atoms with Crippen LogP contribution in [0.1, 0.15) is 28.9 Å². The van der Waals surface area contributed by atoms with Crippen LogP contribution in [0.2, 0.25) is 0 Å². The highest BCUT2D eigenvalue weighted by Gasteiger charge is 2.34. The average Bonchev–Trinajstić information content (AvgIpc) is 3.17. The number of rotatable bonds is 5. The van der Waals surface area contributed by atoms with Crippen LogP contribution in [0.25, 0.3) is 11.4 Å². The van der Waals surface area contributed by atoms with Crippen LogP contribution >= 0.6 is 0 Å². The lowest BCUT2D eigenvalue weighted by molar-refractivity contribution is -0.137. The van der Waals surface area contributed by atoms with Crippen molar-refractivity contribution in [2.24, 2.45) is 5.73 Å². The van der Waals surface area contributed by atoms with Crippen LogP contribution in [0, 0.1) is 0 Å². The van der Waals surface area contributed by atoms with Crippen LogP contribution < -0.4 is 11.1 Å². The summed E-state index contributed by atoms with van der Waals surface area (Å²) in [6, 6.07) is 9.73. The number of primary amides is 1. The van der Waals surface area contributed by atoms with Gasteiger partial charge in [-0.15, -0.1) is 10.2 Å². The van der Waals surface area contributed by atoms with Crippen molar-refractivity contribution in [3.63, 3.8) is 0 Å². The topological polar surface area (TPSA) is 116 Å². The standard InChI is InChI=1S/C18H15F3N6O2/c1-10(17(29)23-14-5-3-2-4-13(14)18(19,20)21)27-25-16(24-26-27)12-8-6-11(7-9-12)15(22)28/h2-10H,1H3,(H2,22,28)(H,23,29)/t10-/m0/s1.